The van der Waals surface area contributed by atoms with Crippen LogP contribution in [0.4, 0.5) is 11.4 Å². The molecule has 0 atom stereocenters. The zero-order valence-corrected chi connectivity index (χ0v) is 10.4. The molecule has 0 unspecified atom stereocenters. The molecule has 2 nitrogen and oxygen atoms in total. The van der Waals surface area contributed by atoms with Crippen LogP contribution in [-0.4, -0.2) is 14.1 Å². The summed E-state index contributed by atoms with van der Waals surface area (Å²) in [5, 5.41) is 3.41. The van der Waals surface area contributed by atoms with Gasteiger partial charge in [0.1, 0.15) is 0 Å². The second kappa shape index (κ2) is 5.39. The maximum Gasteiger partial charge on any atom is 0.0401 e. The van der Waals surface area contributed by atoms with Crippen molar-refractivity contribution in [1.82, 2.24) is 0 Å². The Hall–Kier alpha value is -1.96. The van der Waals surface area contributed by atoms with E-state index in [0.717, 1.165) is 12.2 Å². The van der Waals surface area contributed by atoms with E-state index in [-0.39, 0.29) is 0 Å². The molecule has 0 spiro atoms. The fraction of sp³-hybridized carbons (Fsp3) is 0.200. The standard InChI is InChI=1S/C15H18N2/c1-17(2)15-10-6-7-13(11-15)12-16-14-8-4-3-5-9-14/h3-11,16H,12H2,1-2H3. The van der Waals surface area contributed by atoms with Crippen molar-refractivity contribution < 1.29 is 0 Å². The number of rotatable bonds is 4. The monoisotopic (exact) mass is 226 g/mol. The highest BCUT2D eigenvalue weighted by Crippen LogP contribution is 2.15. The summed E-state index contributed by atoms with van der Waals surface area (Å²) >= 11 is 0. The van der Waals surface area contributed by atoms with Gasteiger partial charge in [-0.2, -0.15) is 0 Å². The Labute approximate surface area is 103 Å². The van der Waals surface area contributed by atoms with Gasteiger partial charge < -0.3 is 10.2 Å². The Morgan fingerprint density at radius 2 is 1.71 bits per heavy atom. The lowest BCUT2D eigenvalue weighted by molar-refractivity contribution is 1.10. The van der Waals surface area contributed by atoms with Gasteiger partial charge in [-0.05, 0) is 29.8 Å². The Balaban J connectivity index is 2.02. The minimum Gasteiger partial charge on any atom is -0.381 e. The Kier molecular flexibility index (Phi) is 3.66. The summed E-state index contributed by atoms with van der Waals surface area (Å²) in [4.78, 5) is 2.12. The Morgan fingerprint density at radius 3 is 2.41 bits per heavy atom. The molecule has 1 N–H and O–H groups in total. The fourth-order valence-corrected chi connectivity index (χ4v) is 1.70. The largest absolute Gasteiger partial charge is 0.381 e. The third kappa shape index (κ3) is 3.25. The number of hydrogen-bond acceptors (Lipinski definition) is 2. The molecular formula is C15H18N2. The second-order valence-corrected chi connectivity index (χ2v) is 4.28. The van der Waals surface area contributed by atoms with E-state index in [1.54, 1.807) is 0 Å². The van der Waals surface area contributed by atoms with Crippen LogP contribution in [-0.2, 0) is 6.54 Å². The first-order valence-electron chi connectivity index (χ1n) is 5.81. The van der Waals surface area contributed by atoms with Crippen molar-refractivity contribution in [2.24, 2.45) is 0 Å². The minimum absolute atomic E-state index is 0.853. The third-order valence-corrected chi connectivity index (χ3v) is 2.70. The van der Waals surface area contributed by atoms with E-state index in [9.17, 15) is 0 Å². The van der Waals surface area contributed by atoms with Crippen LogP contribution in [0.1, 0.15) is 5.56 Å². The van der Waals surface area contributed by atoms with Gasteiger partial charge in [-0.3, -0.25) is 0 Å². The van der Waals surface area contributed by atoms with Crippen LogP contribution >= 0.6 is 0 Å². The van der Waals surface area contributed by atoms with Crippen LogP contribution in [0.25, 0.3) is 0 Å². The first-order chi connectivity index (χ1) is 8.25. The lowest BCUT2D eigenvalue weighted by atomic mass is 10.2. The van der Waals surface area contributed by atoms with E-state index in [1.165, 1.54) is 11.3 Å². The van der Waals surface area contributed by atoms with Crippen LogP contribution in [0.15, 0.2) is 54.6 Å². The van der Waals surface area contributed by atoms with Gasteiger partial charge in [0, 0.05) is 32.0 Å². The number of benzene rings is 2. The molecule has 0 aliphatic carbocycles. The van der Waals surface area contributed by atoms with Gasteiger partial charge in [-0.15, -0.1) is 0 Å². The number of nitrogens with zero attached hydrogens (tertiary/aromatic N) is 1. The Morgan fingerprint density at radius 1 is 0.941 bits per heavy atom. The molecule has 0 aromatic heterocycles. The van der Waals surface area contributed by atoms with Crippen molar-refractivity contribution in [3.63, 3.8) is 0 Å². The van der Waals surface area contributed by atoms with Gasteiger partial charge in [-0.25, -0.2) is 0 Å². The van der Waals surface area contributed by atoms with Crippen LogP contribution in [0.3, 0.4) is 0 Å². The molecule has 17 heavy (non-hydrogen) atoms. The van der Waals surface area contributed by atoms with E-state index in [0.29, 0.717) is 0 Å². The van der Waals surface area contributed by atoms with Crippen molar-refractivity contribution in [3.8, 4) is 0 Å². The highest BCUT2D eigenvalue weighted by atomic mass is 15.1. The van der Waals surface area contributed by atoms with Gasteiger partial charge in [0.2, 0.25) is 0 Å². The molecule has 0 amide bonds. The number of anilines is 2. The van der Waals surface area contributed by atoms with Gasteiger partial charge in [0.15, 0.2) is 0 Å². The molecule has 0 fully saturated rings. The first kappa shape index (κ1) is 11.5. The molecular weight excluding hydrogens is 208 g/mol. The average Bonchev–Trinajstić information content (AvgIpc) is 2.38. The maximum atomic E-state index is 3.41. The summed E-state index contributed by atoms with van der Waals surface area (Å²) < 4.78 is 0. The number of hydrogen-bond donors (Lipinski definition) is 1. The Bertz CT molecular complexity index is 463. The van der Waals surface area contributed by atoms with Crippen molar-refractivity contribution >= 4 is 11.4 Å². The van der Waals surface area contributed by atoms with Crippen molar-refractivity contribution in [3.05, 3.63) is 60.2 Å². The quantitative estimate of drug-likeness (QED) is 0.860. The highest BCUT2D eigenvalue weighted by Gasteiger charge is 1.97. The van der Waals surface area contributed by atoms with E-state index in [2.05, 4.69) is 60.7 Å². The molecule has 2 heteroatoms. The number of para-hydroxylation sites is 1. The molecule has 0 heterocycles. The molecule has 2 aromatic carbocycles. The minimum atomic E-state index is 0.853. The lowest BCUT2D eigenvalue weighted by Crippen LogP contribution is -2.09. The number of nitrogens with one attached hydrogen (secondary N) is 1. The highest BCUT2D eigenvalue weighted by molar-refractivity contribution is 5.49. The summed E-state index contributed by atoms with van der Waals surface area (Å²) in [5.74, 6) is 0. The van der Waals surface area contributed by atoms with Crippen LogP contribution in [0.2, 0.25) is 0 Å². The van der Waals surface area contributed by atoms with Crippen molar-refractivity contribution in [2.45, 2.75) is 6.54 Å². The zero-order chi connectivity index (χ0) is 12.1. The molecule has 2 aromatic rings. The topological polar surface area (TPSA) is 15.3 Å². The van der Waals surface area contributed by atoms with Crippen molar-refractivity contribution in [1.29, 1.82) is 0 Å². The van der Waals surface area contributed by atoms with Gasteiger partial charge >= 0.3 is 0 Å². The van der Waals surface area contributed by atoms with Crippen LogP contribution in [0, 0.1) is 0 Å². The summed E-state index contributed by atoms with van der Waals surface area (Å²) in [6.45, 7) is 0.853. The zero-order valence-electron chi connectivity index (χ0n) is 10.4. The van der Waals surface area contributed by atoms with Gasteiger partial charge in [0.05, 0.1) is 0 Å². The molecule has 2 rings (SSSR count). The summed E-state index contributed by atoms with van der Waals surface area (Å²) in [5.41, 5.74) is 3.68. The van der Waals surface area contributed by atoms with E-state index < -0.39 is 0 Å². The summed E-state index contributed by atoms with van der Waals surface area (Å²) in [6.07, 6.45) is 0. The molecule has 88 valence electrons. The SMILES string of the molecule is CN(C)c1cccc(CNc2ccccc2)c1. The average molecular weight is 226 g/mol. The summed E-state index contributed by atoms with van der Waals surface area (Å²) in [6, 6.07) is 18.8. The molecule has 0 bridgehead atoms. The van der Waals surface area contributed by atoms with E-state index in [4.69, 9.17) is 0 Å². The maximum absolute atomic E-state index is 3.41. The van der Waals surface area contributed by atoms with Gasteiger partial charge in [-0.1, -0.05) is 30.3 Å². The fourth-order valence-electron chi connectivity index (χ4n) is 1.70. The predicted octanol–water partition coefficient (Wildman–Crippen LogP) is 3.36. The van der Waals surface area contributed by atoms with Crippen LogP contribution < -0.4 is 10.2 Å². The van der Waals surface area contributed by atoms with E-state index >= 15 is 0 Å². The van der Waals surface area contributed by atoms with Gasteiger partial charge in [0.25, 0.3) is 0 Å². The second-order valence-electron chi connectivity index (χ2n) is 4.28. The molecule has 0 aliphatic rings. The van der Waals surface area contributed by atoms with E-state index in [1.807, 2.05) is 18.2 Å². The molecule has 0 saturated heterocycles. The predicted molar refractivity (Wildman–Crippen MR) is 74.5 cm³/mol. The first-order valence-corrected chi connectivity index (χ1v) is 5.81. The summed E-state index contributed by atoms with van der Waals surface area (Å²) in [7, 11) is 4.12. The smallest absolute Gasteiger partial charge is 0.0401 e. The molecule has 0 aliphatic heterocycles. The lowest BCUT2D eigenvalue weighted by Gasteiger charge is -2.14. The normalized spacial score (nSPS) is 10.0. The third-order valence-electron chi connectivity index (χ3n) is 2.70. The molecule has 0 radical (unpaired) electrons. The van der Waals surface area contributed by atoms with Crippen molar-refractivity contribution in [2.75, 3.05) is 24.3 Å². The molecule has 0 saturated carbocycles. The van der Waals surface area contributed by atoms with Crippen LogP contribution in [0.5, 0.6) is 0 Å².